The van der Waals surface area contributed by atoms with Gasteiger partial charge in [0.1, 0.15) is 11.5 Å². The van der Waals surface area contributed by atoms with Crippen molar-refractivity contribution < 1.29 is 9.15 Å². The second-order valence-electron chi connectivity index (χ2n) is 8.32. The maximum Gasteiger partial charge on any atom is 0.262 e. The quantitative estimate of drug-likeness (QED) is 0.221. The summed E-state index contributed by atoms with van der Waals surface area (Å²) in [5, 5.41) is 1.37. The third-order valence-corrected chi connectivity index (χ3v) is 6.39. The molecule has 0 aliphatic carbocycles. The number of aryl methyl sites for hydroxylation is 1. The van der Waals surface area contributed by atoms with E-state index in [1.165, 1.54) is 11.8 Å². The number of hydrogen-bond donors (Lipinski definition) is 0. The third kappa shape index (κ3) is 5.30. The highest BCUT2D eigenvalue weighted by molar-refractivity contribution is 7.98. The zero-order chi connectivity index (χ0) is 23.4. The van der Waals surface area contributed by atoms with Gasteiger partial charge in [0.05, 0.1) is 23.2 Å². The first kappa shape index (κ1) is 23.1. The molecular weight excluding hydrogens is 434 g/mol. The van der Waals surface area contributed by atoms with Gasteiger partial charge in [-0.15, -0.1) is 0 Å². The van der Waals surface area contributed by atoms with Gasteiger partial charge < -0.3 is 9.15 Å². The van der Waals surface area contributed by atoms with Crippen molar-refractivity contribution >= 4 is 22.7 Å². The van der Waals surface area contributed by atoms with E-state index in [1.807, 2.05) is 62.4 Å². The molecule has 2 heterocycles. The standard InChI is InChI=1S/C26H29N3O3S/c1-5-31-20-12-10-19(11-13-20)24-27-23(18(4)32-24)16-33-26-28-22-9-7-6-8-21(22)25(30)29(26)15-14-17(2)3/h6-13,17H,5,14-16H2,1-4H3. The van der Waals surface area contributed by atoms with Crippen LogP contribution in [0.3, 0.4) is 0 Å². The Hall–Kier alpha value is -3.06. The Morgan fingerprint density at radius 1 is 1.09 bits per heavy atom. The second-order valence-corrected chi connectivity index (χ2v) is 9.26. The third-order valence-electron chi connectivity index (χ3n) is 5.40. The maximum atomic E-state index is 13.2. The number of hydrogen-bond acceptors (Lipinski definition) is 6. The van der Waals surface area contributed by atoms with Crippen LogP contribution >= 0.6 is 11.8 Å². The number of oxazole rings is 1. The van der Waals surface area contributed by atoms with Crippen LogP contribution < -0.4 is 10.3 Å². The van der Waals surface area contributed by atoms with E-state index in [4.69, 9.17) is 19.1 Å². The number of ether oxygens (including phenoxy) is 1. The molecule has 0 aliphatic rings. The van der Waals surface area contributed by atoms with Crippen molar-refractivity contribution in [2.45, 2.75) is 51.6 Å². The van der Waals surface area contributed by atoms with E-state index in [-0.39, 0.29) is 5.56 Å². The summed E-state index contributed by atoms with van der Waals surface area (Å²) in [6.45, 7) is 9.47. The molecule has 4 aromatic rings. The lowest BCUT2D eigenvalue weighted by atomic mass is 10.1. The second kappa shape index (κ2) is 10.3. The minimum Gasteiger partial charge on any atom is -0.494 e. The lowest BCUT2D eigenvalue weighted by Crippen LogP contribution is -2.24. The molecule has 0 unspecified atom stereocenters. The van der Waals surface area contributed by atoms with Crippen molar-refractivity contribution in [3.63, 3.8) is 0 Å². The normalized spacial score (nSPS) is 11.4. The van der Waals surface area contributed by atoms with Crippen molar-refractivity contribution in [2.75, 3.05) is 6.61 Å². The molecule has 0 aliphatic heterocycles. The topological polar surface area (TPSA) is 70.2 Å². The Morgan fingerprint density at radius 2 is 1.85 bits per heavy atom. The van der Waals surface area contributed by atoms with Gasteiger partial charge >= 0.3 is 0 Å². The van der Waals surface area contributed by atoms with Crippen molar-refractivity contribution in [1.82, 2.24) is 14.5 Å². The van der Waals surface area contributed by atoms with Crippen LogP contribution in [0.4, 0.5) is 0 Å². The molecule has 2 aromatic carbocycles. The molecule has 0 atom stereocenters. The first-order valence-corrected chi connectivity index (χ1v) is 12.3. The predicted octanol–water partition coefficient (Wildman–Crippen LogP) is 6.10. The van der Waals surface area contributed by atoms with E-state index in [0.717, 1.165) is 34.7 Å². The van der Waals surface area contributed by atoms with Crippen LogP contribution in [0.2, 0.25) is 0 Å². The summed E-state index contributed by atoms with van der Waals surface area (Å²) in [5.41, 5.74) is 2.48. The first-order chi connectivity index (χ1) is 16.0. The zero-order valence-corrected chi connectivity index (χ0v) is 20.3. The monoisotopic (exact) mass is 463 g/mol. The van der Waals surface area contributed by atoms with Crippen molar-refractivity contribution in [3.8, 4) is 17.2 Å². The highest BCUT2D eigenvalue weighted by Gasteiger charge is 2.16. The number of para-hydroxylation sites is 1. The average molecular weight is 464 g/mol. The Balaban J connectivity index is 1.59. The van der Waals surface area contributed by atoms with Crippen LogP contribution in [-0.4, -0.2) is 21.1 Å². The Kier molecular flexibility index (Phi) is 7.18. The number of benzene rings is 2. The van der Waals surface area contributed by atoms with Gasteiger partial charge in [-0.2, -0.15) is 0 Å². The smallest absolute Gasteiger partial charge is 0.262 e. The van der Waals surface area contributed by atoms with Crippen LogP contribution in [0.15, 0.2) is 62.9 Å². The summed E-state index contributed by atoms with van der Waals surface area (Å²) in [4.78, 5) is 22.7. The number of thioether (sulfide) groups is 1. The summed E-state index contributed by atoms with van der Waals surface area (Å²) in [6.07, 6.45) is 0.915. The molecule has 0 radical (unpaired) electrons. The molecule has 33 heavy (non-hydrogen) atoms. The predicted molar refractivity (Wildman–Crippen MR) is 133 cm³/mol. The van der Waals surface area contributed by atoms with Crippen molar-refractivity contribution in [3.05, 3.63) is 70.3 Å². The molecule has 0 saturated carbocycles. The molecule has 2 aromatic heterocycles. The number of aromatic nitrogens is 3. The zero-order valence-electron chi connectivity index (χ0n) is 19.5. The first-order valence-electron chi connectivity index (χ1n) is 11.3. The van der Waals surface area contributed by atoms with E-state index in [9.17, 15) is 4.79 Å². The van der Waals surface area contributed by atoms with Crippen LogP contribution in [-0.2, 0) is 12.3 Å². The van der Waals surface area contributed by atoms with Crippen LogP contribution in [0, 0.1) is 12.8 Å². The molecule has 0 N–H and O–H groups in total. The van der Waals surface area contributed by atoms with Gasteiger partial charge in [-0.25, -0.2) is 9.97 Å². The minimum atomic E-state index is 0.00991. The van der Waals surface area contributed by atoms with Crippen LogP contribution in [0.5, 0.6) is 5.75 Å². The lowest BCUT2D eigenvalue weighted by molar-refractivity contribution is 0.340. The number of rotatable bonds is 9. The minimum absolute atomic E-state index is 0.00991. The van der Waals surface area contributed by atoms with E-state index in [2.05, 4.69) is 13.8 Å². The van der Waals surface area contributed by atoms with Gasteiger partial charge in [0.15, 0.2) is 5.16 Å². The SMILES string of the molecule is CCOc1ccc(-c2nc(CSc3nc4ccccc4c(=O)n3CCC(C)C)c(C)o2)cc1. The van der Waals surface area contributed by atoms with E-state index in [1.54, 1.807) is 4.57 Å². The molecule has 0 spiro atoms. The highest BCUT2D eigenvalue weighted by Crippen LogP contribution is 2.28. The van der Waals surface area contributed by atoms with Gasteiger partial charge in [-0.1, -0.05) is 37.7 Å². The van der Waals surface area contributed by atoms with Gasteiger partial charge in [0.25, 0.3) is 5.56 Å². The fourth-order valence-corrected chi connectivity index (χ4v) is 4.55. The Bertz CT molecular complexity index is 1290. The summed E-state index contributed by atoms with van der Waals surface area (Å²) < 4.78 is 13.2. The molecule has 4 rings (SSSR count). The maximum absolute atomic E-state index is 13.2. The van der Waals surface area contributed by atoms with Crippen LogP contribution in [0.25, 0.3) is 22.4 Å². The van der Waals surface area contributed by atoms with Gasteiger partial charge in [-0.05, 0) is 62.6 Å². The molecule has 7 heteroatoms. The fourth-order valence-electron chi connectivity index (χ4n) is 3.52. The Morgan fingerprint density at radius 3 is 2.58 bits per heavy atom. The Labute approximate surface area is 198 Å². The molecule has 0 saturated heterocycles. The van der Waals surface area contributed by atoms with Gasteiger partial charge in [-0.3, -0.25) is 9.36 Å². The van der Waals surface area contributed by atoms with E-state index >= 15 is 0 Å². The molecule has 0 bridgehead atoms. The van der Waals surface area contributed by atoms with Gasteiger partial charge in [0, 0.05) is 17.9 Å². The molecule has 6 nitrogen and oxygen atoms in total. The molecule has 0 fully saturated rings. The average Bonchev–Trinajstić information content (AvgIpc) is 3.18. The molecule has 172 valence electrons. The van der Waals surface area contributed by atoms with Crippen molar-refractivity contribution in [2.24, 2.45) is 5.92 Å². The number of fused-ring (bicyclic) bond motifs is 1. The lowest BCUT2D eigenvalue weighted by Gasteiger charge is -2.14. The summed E-state index contributed by atoms with van der Waals surface area (Å²) in [5.74, 6) is 3.23. The largest absolute Gasteiger partial charge is 0.494 e. The highest BCUT2D eigenvalue weighted by atomic mass is 32.2. The number of nitrogens with zero attached hydrogens (tertiary/aromatic N) is 3. The van der Waals surface area contributed by atoms with Gasteiger partial charge in [0.2, 0.25) is 5.89 Å². The van der Waals surface area contributed by atoms with E-state index < -0.39 is 0 Å². The summed E-state index contributed by atoms with van der Waals surface area (Å²) in [6, 6.07) is 15.2. The van der Waals surface area contributed by atoms with Crippen LogP contribution in [0.1, 0.15) is 38.6 Å². The van der Waals surface area contributed by atoms with Crippen molar-refractivity contribution in [1.29, 1.82) is 0 Å². The molecular formula is C26H29N3O3S. The molecule has 0 amide bonds. The summed E-state index contributed by atoms with van der Waals surface area (Å²) in [7, 11) is 0. The van der Waals surface area contributed by atoms with E-state index in [0.29, 0.717) is 41.3 Å². The summed E-state index contributed by atoms with van der Waals surface area (Å²) >= 11 is 1.52. The fraction of sp³-hybridized carbons (Fsp3) is 0.346.